The smallest absolute Gasteiger partial charge is 0.305 e. The van der Waals surface area contributed by atoms with Gasteiger partial charge in [0.2, 0.25) is 0 Å². The quantitative estimate of drug-likeness (QED) is 0.342. The Morgan fingerprint density at radius 2 is 1.84 bits per heavy atom. The molecule has 0 spiro atoms. The Hall–Kier alpha value is -3.32. The minimum atomic E-state index is -0.415. The Balaban J connectivity index is 1.44. The first-order chi connectivity index (χ1) is 15.4. The van der Waals surface area contributed by atoms with Crippen LogP contribution < -0.4 is 20.9 Å². The molecule has 0 bridgehead atoms. The summed E-state index contributed by atoms with van der Waals surface area (Å²) >= 11 is 5.19. The number of thiocarbonyl (C=S) groups is 1. The van der Waals surface area contributed by atoms with E-state index >= 15 is 0 Å². The summed E-state index contributed by atoms with van der Waals surface area (Å²) in [6, 6.07) is 19.6. The van der Waals surface area contributed by atoms with Crippen molar-refractivity contribution in [1.29, 1.82) is 0 Å². The summed E-state index contributed by atoms with van der Waals surface area (Å²) in [5.41, 5.74) is 8.70. The lowest BCUT2D eigenvalue weighted by molar-refractivity contribution is 0.0911. The van der Waals surface area contributed by atoms with Gasteiger partial charge in [0.1, 0.15) is 18.1 Å². The predicted octanol–water partition coefficient (Wildman–Crippen LogP) is 4.64. The minimum Gasteiger partial charge on any atom is -0.485 e. The topological polar surface area (TPSA) is 75.5 Å². The summed E-state index contributed by atoms with van der Waals surface area (Å²) in [5, 5.41) is 3.39. The van der Waals surface area contributed by atoms with Gasteiger partial charge in [-0.1, -0.05) is 56.3 Å². The Kier molecular flexibility index (Phi) is 8.27. The van der Waals surface area contributed by atoms with Crippen LogP contribution in [0.3, 0.4) is 0 Å². The molecule has 0 saturated carbocycles. The van der Waals surface area contributed by atoms with Gasteiger partial charge in [0, 0.05) is 6.54 Å². The number of ether oxygens (including phenoxy) is 1. The van der Waals surface area contributed by atoms with E-state index in [0.29, 0.717) is 23.3 Å². The maximum Gasteiger partial charge on any atom is 0.305 e. The van der Waals surface area contributed by atoms with Gasteiger partial charge in [-0.15, -0.1) is 0 Å². The van der Waals surface area contributed by atoms with Gasteiger partial charge in [-0.25, -0.2) is 0 Å². The second-order valence-electron chi connectivity index (χ2n) is 7.82. The van der Waals surface area contributed by atoms with E-state index in [1.165, 1.54) is 5.56 Å². The second-order valence-corrected chi connectivity index (χ2v) is 8.23. The highest BCUT2D eigenvalue weighted by Crippen LogP contribution is 2.28. The molecule has 1 aromatic heterocycles. The van der Waals surface area contributed by atoms with Crippen molar-refractivity contribution < 1.29 is 13.9 Å². The molecule has 1 heterocycles. The zero-order chi connectivity index (χ0) is 22.9. The van der Waals surface area contributed by atoms with Gasteiger partial charge in [-0.2, -0.15) is 0 Å². The maximum absolute atomic E-state index is 12.3. The molecule has 0 aliphatic carbocycles. The van der Waals surface area contributed by atoms with Crippen molar-refractivity contribution in [2.45, 2.75) is 39.7 Å². The van der Waals surface area contributed by atoms with E-state index in [1.54, 1.807) is 12.1 Å². The molecule has 0 fully saturated rings. The molecule has 3 N–H and O–H groups in total. The van der Waals surface area contributed by atoms with Crippen LogP contribution in [0, 0.1) is 6.92 Å². The number of hydrogen-bond acceptors (Lipinski definition) is 4. The molecule has 1 amide bonds. The first kappa shape index (κ1) is 23.3. The Labute approximate surface area is 194 Å². The van der Waals surface area contributed by atoms with Crippen molar-refractivity contribution >= 4 is 23.2 Å². The Bertz CT molecular complexity index is 1050. The van der Waals surface area contributed by atoms with Gasteiger partial charge >= 0.3 is 5.91 Å². The summed E-state index contributed by atoms with van der Waals surface area (Å²) < 4.78 is 11.6. The Morgan fingerprint density at radius 1 is 1.06 bits per heavy atom. The standard InChI is InChI=1S/C25H29N3O3S/c1-17(2)21-11-9-18(3)15-23(21)30-16-20-10-12-22(31-20)24(29)27-28-25(32)26-14-13-19-7-5-4-6-8-19/h4-12,15,17H,13-14,16H2,1-3H3,(H,27,29)(H2,26,28,32). The molecule has 0 atom stereocenters. The molecule has 168 valence electrons. The fraction of sp³-hybridized carbons (Fsp3) is 0.280. The number of hydrogen-bond donors (Lipinski definition) is 3. The van der Waals surface area contributed by atoms with Crippen molar-refractivity contribution in [3.8, 4) is 5.75 Å². The summed E-state index contributed by atoms with van der Waals surface area (Å²) in [4.78, 5) is 12.3. The third kappa shape index (κ3) is 6.85. The number of rotatable bonds is 8. The van der Waals surface area contributed by atoms with Crippen LogP contribution in [0.1, 0.15) is 52.8 Å². The van der Waals surface area contributed by atoms with Gasteiger partial charge in [-0.3, -0.25) is 15.6 Å². The van der Waals surface area contributed by atoms with Crippen LogP contribution in [0.4, 0.5) is 0 Å². The molecule has 2 aromatic carbocycles. The largest absolute Gasteiger partial charge is 0.485 e. The molecule has 0 aliphatic heterocycles. The van der Waals surface area contributed by atoms with Crippen LogP contribution in [-0.4, -0.2) is 17.6 Å². The molecule has 7 heteroatoms. The number of amides is 1. The number of aryl methyl sites for hydroxylation is 1. The van der Waals surface area contributed by atoms with Gasteiger partial charge in [0.25, 0.3) is 0 Å². The number of benzene rings is 2. The monoisotopic (exact) mass is 451 g/mol. The van der Waals surface area contributed by atoms with E-state index in [4.69, 9.17) is 21.4 Å². The van der Waals surface area contributed by atoms with Crippen LogP contribution >= 0.6 is 12.2 Å². The molecule has 0 saturated heterocycles. The van der Waals surface area contributed by atoms with Crippen LogP contribution in [0.15, 0.2) is 65.1 Å². The average molecular weight is 452 g/mol. The molecule has 0 radical (unpaired) electrons. The van der Waals surface area contributed by atoms with E-state index in [9.17, 15) is 4.79 Å². The summed E-state index contributed by atoms with van der Waals surface area (Å²) in [5.74, 6) is 1.50. The third-order valence-corrected chi connectivity index (χ3v) is 5.12. The van der Waals surface area contributed by atoms with Crippen molar-refractivity contribution in [2.24, 2.45) is 0 Å². The van der Waals surface area contributed by atoms with Gasteiger partial charge in [-0.05, 0) is 66.4 Å². The van der Waals surface area contributed by atoms with Crippen molar-refractivity contribution in [2.75, 3.05) is 6.54 Å². The molecule has 32 heavy (non-hydrogen) atoms. The van der Waals surface area contributed by atoms with Crippen molar-refractivity contribution in [1.82, 2.24) is 16.2 Å². The van der Waals surface area contributed by atoms with Gasteiger partial charge in [0.15, 0.2) is 10.9 Å². The first-order valence-corrected chi connectivity index (χ1v) is 11.0. The first-order valence-electron chi connectivity index (χ1n) is 10.6. The minimum absolute atomic E-state index is 0.177. The normalized spacial score (nSPS) is 10.6. The summed E-state index contributed by atoms with van der Waals surface area (Å²) in [6.07, 6.45) is 0.831. The number of nitrogens with one attached hydrogen (secondary N) is 3. The second kappa shape index (κ2) is 11.3. The van der Waals surface area contributed by atoms with Crippen LogP contribution in [0.5, 0.6) is 5.75 Å². The van der Waals surface area contributed by atoms with E-state index in [-0.39, 0.29) is 12.4 Å². The highest BCUT2D eigenvalue weighted by Gasteiger charge is 2.13. The highest BCUT2D eigenvalue weighted by molar-refractivity contribution is 7.80. The lowest BCUT2D eigenvalue weighted by atomic mass is 10.0. The van der Waals surface area contributed by atoms with E-state index < -0.39 is 5.91 Å². The lowest BCUT2D eigenvalue weighted by Crippen LogP contribution is -2.47. The lowest BCUT2D eigenvalue weighted by Gasteiger charge is -2.14. The summed E-state index contributed by atoms with van der Waals surface area (Å²) in [7, 11) is 0. The van der Waals surface area contributed by atoms with Crippen molar-refractivity contribution in [3.05, 3.63) is 88.9 Å². The van der Waals surface area contributed by atoms with E-state index in [2.05, 4.69) is 54.3 Å². The van der Waals surface area contributed by atoms with Crippen molar-refractivity contribution in [3.63, 3.8) is 0 Å². The van der Waals surface area contributed by atoms with E-state index in [1.807, 2.05) is 31.2 Å². The predicted molar refractivity (Wildman–Crippen MR) is 130 cm³/mol. The number of furan rings is 1. The van der Waals surface area contributed by atoms with Crippen LogP contribution in [0.2, 0.25) is 0 Å². The zero-order valence-corrected chi connectivity index (χ0v) is 19.4. The molecule has 0 unspecified atom stereocenters. The van der Waals surface area contributed by atoms with Gasteiger partial charge < -0.3 is 14.5 Å². The summed E-state index contributed by atoms with van der Waals surface area (Å²) in [6.45, 7) is 7.18. The highest BCUT2D eigenvalue weighted by atomic mass is 32.1. The molecule has 3 rings (SSSR count). The number of hydrazine groups is 1. The third-order valence-electron chi connectivity index (χ3n) is 4.88. The average Bonchev–Trinajstić information content (AvgIpc) is 3.26. The molecule has 6 nitrogen and oxygen atoms in total. The molecular weight excluding hydrogens is 422 g/mol. The number of carbonyl (C=O) groups is 1. The number of carbonyl (C=O) groups excluding carboxylic acids is 1. The fourth-order valence-electron chi connectivity index (χ4n) is 3.15. The maximum atomic E-state index is 12.3. The zero-order valence-electron chi connectivity index (χ0n) is 18.6. The van der Waals surface area contributed by atoms with E-state index in [0.717, 1.165) is 23.3 Å². The van der Waals surface area contributed by atoms with Crippen LogP contribution in [0.25, 0.3) is 0 Å². The van der Waals surface area contributed by atoms with Gasteiger partial charge in [0.05, 0.1) is 0 Å². The SMILES string of the molecule is Cc1ccc(C(C)C)c(OCc2ccc(C(=O)NNC(=S)NCCc3ccccc3)o2)c1. The fourth-order valence-corrected chi connectivity index (χ4v) is 3.31. The molecular formula is C25H29N3O3S. The molecule has 0 aliphatic rings. The van der Waals surface area contributed by atoms with Crippen LogP contribution in [-0.2, 0) is 13.0 Å². The Morgan fingerprint density at radius 3 is 2.59 bits per heavy atom. The molecule has 3 aromatic rings.